The van der Waals surface area contributed by atoms with Gasteiger partial charge in [-0.1, -0.05) is 11.8 Å². The number of ether oxygens (including phenoxy) is 1. The van der Waals surface area contributed by atoms with Crippen molar-refractivity contribution in [3.63, 3.8) is 0 Å². The lowest BCUT2D eigenvalue weighted by atomic mass is 10.1. The molecule has 1 atom stereocenters. The Labute approximate surface area is 126 Å². The van der Waals surface area contributed by atoms with Crippen LogP contribution in [0.2, 0.25) is 0 Å². The Bertz CT molecular complexity index is 553. The lowest BCUT2D eigenvalue weighted by Gasteiger charge is -2.19. The number of nitrogens with zero attached hydrogens (tertiary/aromatic N) is 1. The number of benzene rings is 1. The fourth-order valence-electron chi connectivity index (χ4n) is 2.15. The maximum atomic E-state index is 13.3. The first-order chi connectivity index (χ1) is 10.0. The zero-order valence-electron chi connectivity index (χ0n) is 11.9. The molecule has 1 heterocycles. The summed E-state index contributed by atoms with van der Waals surface area (Å²) in [7, 11) is 1.49. The van der Waals surface area contributed by atoms with E-state index in [1.54, 1.807) is 6.92 Å². The third kappa shape index (κ3) is 3.87. The highest BCUT2D eigenvalue weighted by molar-refractivity contribution is 8.13. The molecule has 0 aromatic heterocycles. The van der Waals surface area contributed by atoms with Gasteiger partial charge in [-0.15, -0.1) is 0 Å². The highest BCUT2D eigenvalue weighted by Crippen LogP contribution is 2.25. The number of amides is 2. The van der Waals surface area contributed by atoms with Crippen LogP contribution >= 0.6 is 11.8 Å². The first-order valence-electron chi connectivity index (χ1n) is 6.55. The van der Waals surface area contributed by atoms with E-state index in [-0.39, 0.29) is 17.7 Å². The Kier molecular flexibility index (Phi) is 5.06. The number of nitrogens with one attached hydrogen (secondary N) is 1. The Balaban J connectivity index is 2.00. The van der Waals surface area contributed by atoms with Gasteiger partial charge in [0.05, 0.1) is 13.2 Å². The van der Waals surface area contributed by atoms with Crippen LogP contribution in [0.3, 0.4) is 0 Å². The molecule has 0 saturated carbocycles. The molecule has 0 spiro atoms. The molecule has 21 heavy (non-hydrogen) atoms. The van der Waals surface area contributed by atoms with Gasteiger partial charge in [-0.25, -0.2) is 4.39 Å². The molecule has 1 fully saturated rings. The number of rotatable bonds is 5. The Morgan fingerprint density at radius 3 is 2.95 bits per heavy atom. The predicted octanol–water partition coefficient (Wildman–Crippen LogP) is 2.18. The molecule has 2 rings (SSSR count). The highest BCUT2D eigenvalue weighted by Gasteiger charge is 2.24. The fourth-order valence-corrected chi connectivity index (χ4v) is 2.98. The minimum atomic E-state index is -0.409. The summed E-state index contributed by atoms with van der Waals surface area (Å²) in [5, 5.41) is 2.67. The topological polar surface area (TPSA) is 58.6 Å². The van der Waals surface area contributed by atoms with Gasteiger partial charge in [0.15, 0.2) is 0 Å². The van der Waals surface area contributed by atoms with E-state index >= 15 is 0 Å². The lowest BCUT2D eigenvalue weighted by Crippen LogP contribution is -2.38. The average Bonchev–Trinajstić information content (AvgIpc) is 2.84. The van der Waals surface area contributed by atoms with E-state index in [4.69, 9.17) is 4.74 Å². The molecule has 1 aromatic carbocycles. The minimum Gasteiger partial charge on any atom is -0.496 e. The van der Waals surface area contributed by atoms with Crippen LogP contribution in [0.25, 0.3) is 0 Å². The van der Waals surface area contributed by atoms with Gasteiger partial charge in [-0.2, -0.15) is 0 Å². The molecule has 1 aliphatic rings. The number of thioether (sulfide) groups is 1. The maximum absolute atomic E-state index is 13.3. The molecule has 0 radical (unpaired) electrons. The summed E-state index contributed by atoms with van der Waals surface area (Å²) in [4.78, 5) is 24.9. The van der Waals surface area contributed by atoms with Gasteiger partial charge in [0.25, 0.3) is 5.24 Å². The van der Waals surface area contributed by atoms with Crippen molar-refractivity contribution in [3.8, 4) is 5.75 Å². The Morgan fingerprint density at radius 1 is 1.57 bits per heavy atom. The van der Waals surface area contributed by atoms with Crippen molar-refractivity contribution in [3.05, 3.63) is 29.6 Å². The van der Waals surface area contributed by atoms with E-state index < -0.39 is 11.9 Å². The van der Waals surface area contributed by atoms with Gasteiger partial charge < -0.3 is 15.0 Å². The first kappa shape index (κ1) is 15.6. The van der Waals surface area contributed by atoms with Crippen LogP contribution in [-0.2, 0) is 4.79 Å². The van der Waals surface area contributed by atoms with E-state index in [1.165, 1.54) is 42.0 Å². The first-order valence-corrected chi connectivity index (χ1v) is 7.54. The summed E-state index contributed by atoms with van der Waals surface area (Å²) in [6, 6.07) is 3.75. The molecule has 7 heteroatoms. The summed E-state index contributed by atoms with van der Waals surface area (Å²) in [5.74, 6) is 0.555. The van der Waals surface area contributed by atoms with Crippen LogP contribution in [0.4, 0.5) is 9.18 Å². The third-order valence-corrected chi connectivity index (χ3v) is 4.11. The van der Waals surface area contributed by atoms with E-state index in [0.29, 0.717) is 23.6 Å². The summed E-state index contributed by atoms with van der Waals surface area (Å²) < 4.78 is 18.5. The number of carbonyl (C=O) groups is 2. The second-order valence-electron chi connectivity index (χ2n) is 4.71. The molecule has 0 bridgehead atoms. The molecule has 0 unspecified atom stereocenters. The summed E-state index contributed by atoms with van der Waals surface area (Å²) in [5.41, 5.74) is 0.563. The molecular formula is C14H17FN2O3S. The summed E-state index contributed by atoms with van der Waals surface area (Å²) in [6.45, 7) is 2.35. The van der Waals surface area contributed by atoms with Gasteiger partial charge in [-0.05, 0) is 25.1 Å². The molecule has 1 aliphatic heterocycles. The van der Waals surface area contributed by atoms with Crippen molar-refractivity contribution in [1.29, 1.82) is 0 Å². The van der Waals surface area contributed by atoms with Gasteiger partial charge in [-0.3, -0.25) is 9.59 Å². The molecular weight excluding hydrogens is 295 g/mol. The number of carbonyl (C=O) groups excluding carboxylic acids is 2. The van der Waals surface area contributed by atoms with Crippen molar-refractivity contribution in [1.82, 2.24) is 10.2 Å². The van der Waals surface area contributed by atoms with E-state index in [0.717, 1.165) is 0 Å². The molecule has 5 nitrogen and oxygen atoms in total. The van der Waals surface area contributed by atoms with Crippen LogP contribution in [0.5, 0.6) is 5.75 Å². The van der Waals surface area contributed by atoms with E-state index in [9.17, 15) is 14.0 Å². The molecule has 1 saturated heterocycles. The van der Waals surface area contributed by atoms with E-state index in [1.807, 2.05) is 0 Å². The highest BCUT2D eigenvalue weighted by atomic mass is 32.2. The quantitative estimate of drug-likeness (QED) is 0.905. The summed E-state index contributed by atoms with van der Waals surface area (Å²) in [6.07, 6.45) is 0. The molecule has 0 aliphatic carbocycles. The van der Waals surface area contributed by atoms with Crippen molar-refractivity contribution in [2.75, 3.05) is 26.0 Å². The monoisotopic (exact) mass is 312 g/mol. The molecule has 2 amide bonds. The van der Waals surface area contributed by atoms with Gasteiger partial charge in [0.2, 0.25) is 5.91 Å². The van der Waals surface area contributed by atoms with Crippen molar-refractivity contribution in [2.24, 2.45) is 0 Å². The van der Waals surface area contributed by atoms with Crippen LogP contribution in [0.15, 0.2) is 18.2 Å². The average molecular weight is 312 g/mol. The smallest absolute Gasteiger partial charge is 0.282 e. The number of halogens is 1. The maximum Gasteiger partial charge on any atom is 0.282 e. The van der Waals surface area contributed by atoms with Crippen LogP contribution in [0, 0.1) is 5.82 Å². The van der Waals surface area contributed by atoms with Crippen molar-refractivity contribution < 1.29 is 18.7 Å². The van der Waals surface area contributed by atoms with Crippen LogP contribution in [-0.4, -0.2) is 42.0 Å². The summed E-state index contributed by atoms with van der Waals surface area (Å²) >= 11 is 1.21. The largest absolute Gasteiger partial charge is 0.496 e. The van der Waals surface area contributed by atoms with Crippen LogP contribution in [0.1, 0.15) is 18.5 Å². The normalized spacial score (nSPS) is 16.0. The SMILES string of the molecule is COc1ccc(F)cc1[C@@H](C)NC(=O)CN1CCSC1=O. The molecule has 1 aromatic rings. The zero-order valence-corrected chi connectivity index (χ0v) is 12.7. The fraction of sp³-hybridized carbons (Fsp3) is 0.429. The molecule has 114 valence electrons. The Hall–Kier alpha value is -1.76. The van der Waals surface area contributed by atoms with E-state index in [2.05, 4.69) is 5.32 Å². The van der Waals surface area contributed by atoms with Gasteiger partial charge in [0.1, 0.15) is 18.1 Å². The standard InChI is InChI=1S/C14H17FN2O3S/c1-9(11-7-10(15)3-4-12(11)20-2)16-13(18)8-17-5-6-21-14(17)19/h3-4,7,9H,5-6,8H2,1-2H3,(H,16,18)/t9-/m1/s1. The molecule has 1 N–H and O–H groups in total. The number of hydrogen-bond donors (Lipinski definition) is 1. The van der Waals surface area contributed by atoms with Gasteiger partial charge >= 0.3 is 0 Å². The number of methoxy groups -OCH3 is 1. The van der Waals surface area contributed by atoms with Gasteiger partial charge in [0, 0.05) is 17.9 Å². The van der Waals surface area contributed by atoms with Crippen LogP contribution < -0.4 is 10.1 Å². The van der Waals surface area contributed by atoms with Crippen molar-refractivity contribution in [2.45, 2.75) is 13.0 Å². The second-order valence-corrected chi connectivity index (χ2v) is 5.76. The zero-order chi connectivity index (χ0) is 15.4. The second kappa shape index (κ2) is 6.80. The third-order valence-electron chi connectivity index (χ3n) is 3.22. The number of hydrogen-bond acceptors (Lipinski definition) is 4. The van der Waals surface area contributed by atoms with Crippen molar-refractivity contribution >= 4 is 22.9 Å². The predicted molar refractivity (Wildman–Crippen MR) is 78.9 cm³/mol. The lowest BCUT2D eigenvalue weighted by molar-refractivity contribution is -0.122. The Morgan fingerprint density at radius 2 is 2.33 bits per heavy atom. The minimum absolute atomic E-state index is 0.0216.